The first kappa shape index (κ1) is 12.6. The Bertz CT molecular complexity index is 562. The van der Waals surface area contributed by atoms with Gasteiger partial charge >= 0.3 is 5.97 Å². The minimum atomic E-state index is -0.832. The minimum absolute atomic E-state index is 0.0112. The van der Waals surface area contributed by atoms with E-state index in [9.17, 15) is 4.79 Å². The number of hydrogen-bond donors (Lipinski definition) is 2. The smallest absolute Gasteiger partial charge is 0.317 e. The fourth-order valence-corrected chi connectivity index (χ4v) is 1.95. The molecule has 0 atom stereocenters. The van der Waals surface area contributed by atoms with E-state index in [1.165, 1.54) is 5.56 Å². The first-order valence-corrected chi connectivity index (χ1v) is 5.96. The van der Waals surface area contributed by atoms with Crippen LogP contribution in [0, 0.1) is 0 Å². The summed E-state index contributed by atoms with van der Waals surface area (Å²) in [5, 5.41) is 8.70. The van der Waals surface area contributed by atoms with Gasteiger partial charge in [-0.3, -0.25) is 9.69 Å². The van der Waals surface area contributed by atoms with Crippen molar-refractivity contribution in [1.82, 2.24) is 14.9 Å². The van der Waals surface area contributed by atoms with E-state index < -0.39 is 5.97 Å². The third kappa shape index (κ3) is 2.87. The number of carbonyl (C=O) groups is 1. The van der Waals surface area contributed by atoms with Crippen LogP contribution in [0.2, 0.25) is 0 Å². The molecule has 0 aliphatic carbocycles. The molecule has 2 N–H and O–H groups in total. The number of rotatable bonds is 5. The normalized spacial score (nSPS) is 11.3. The first-order chi connectivity index (χ1) is 8.58. The zero-order chi connectivity index (χ0) is 13.1. The van der Waals surface area contributed by atoms with E-state index in [4.69, 9.17) is 5.11 Å². The van der Waals surface area contributed by atoms with Crippen molar-refractivity contribution in [1.29, 1.82) is 0 Å². The molecule has 5 heteroatoms. The zero-order valence-corrected chi connectivity index (χ0v) is 10.6. The molecule has 0 radical (unpaired) electrons. The maximum Gasteiger partial charge on any atom is 0.317 e. The van der Waals surface area contributed by atoms with E-state index in [1.807, 2.05) is 6.07 Å². The summed E-state index contributed by atoms with van der Waals surface area (Å²) in [6.07, 6.45) is 0.989. The molecular weight excluding hydrogens is 230 g/mol. The molecule has 0 amide bonds. The number of likely N-dealkylation sites (N-methyl/N-ethyl adjacent to an activating group) is 1. The minimum Gasteiger partial charge on any atom is -0.480 e. The molecule has 0 fully saturated rings. The number of nitrogens with zero attached hydrogens (tertiary/aromatic N) is 2. The van der Waals surface area contributed by atoms with Gasteiger partial charge in [0, 0.05) is 0 Å². The van der Waals surface area contributed by atoms with Gasteiger partial charge in [-0.1, -0.05) is 13.0 Å². The molecule has 2 rings (SSSR count). The highest BCUT2D eigenvalue weighted by Gasteiger charge is 2.08. The molecule has 0 bridgehead atoms. The number of carboxylic acid groups (broad SMARTS) is 1. The van der Waals surface area contributed by atoms with Crippen LogP contribution in [0.1, 0.15) is 18.3 Å². The summed E-state index contributed by atoms with van der Waals surface area (Å²) in [7, 11) is 1.76. The van der Waals surface area contributed by atoms with E-state index >= 15 is 0 Å². The molecule has 0 aliphatic rings. The highest BCUT2D eigenvalue weighted by molar-refractivity contribution is 5.75. The number of aryl methyl sites for hydroxylation is 1. The molecule has 0 saturated heterocycles. The van der Waals surface area contributed by atoms with Crippen molar-refractivity contribution >= 4 is 17.0 Å². The van der Waals surface area contributed by atoms with Gasteiger partial charge in [0.05, 0.1) is 24.1 Å². The average molecular weight is 247 g/mol. The van der Waals surface area contributed by atoms with E-state index in [0.717, 1.165) is 23.3 Å². The van der Waals surface area contributed by atoms with Crippen molar-refractivity contribution in [2.24, 2.45) is 0 Å². The number of carboxylic acids is 1. The fourth-order valence-electron chi connectivity index (χ4n) is 1.95. The SMILES string of the molecule is CCc1ccc2nc(CN(C)CC(=O)O)[nH]c2c1. The van der Waals surface area contributed by atoms with Gasteiger partial charge in [-0.15, -0.1) is 0 Å². The molecule has 1 aromatic carbocycles. The van der Waals surface area contributed by atoms with Crippen LogP contribution in [0.5, 0.6) is 0 Å². The number of nitrogens with one attached hydrogen (secondary N) is 1. The fraction of sp³-hybridized carbons (Fsp3) is 0.385. The van der Waals surface area contributed by atoms with Crippen LogP contribution in [0.25, 0.3) is 11.0 Å². The highest BCUT2D eigenvalue weighted by atomic mass is 16.4. The number of hydrogen-bond acceptors (Lipinski definition) is 3. The average Bonchev–Trinajstić information content (AvgIpc) is 2.68. The largest absolute Gasteiger partial charge is 0.480 e. The number of H-pyrrole nitrogens is 1. The molecule has 96 valence electrons. The van der Waals surface area contributed by atoms with Crippen molar-refractivity contribution in [2.45, 2.75) is 19.9 Å². The number of imidazole rings is 1. The highest BCUT2D eigenvalue weighted by Crippen LogP contribution is 2.14. The van der Waals surface area contributed by atoms with Gasteiger partial charge in [-0.25, -0.2) is 4.98 Å². The van der Waals surface area contributed by atoms with Crippen molar-refractivity contribution in [3.8, 4) is 0 Å². The van der Waals surface area contributed by atoms with E-state index in [-0.39, 0.29) is 6.54 Å². The second-order valence-electron chi connectivity index (χ2n) is 4.45. The summed E-state index contributed by atoms with van der Waals surface area (Å²) in [6.45, 7) is 2.62. The van der Waals surface area contributed by atoms with Gasteiger partial charge in [-0.2, -0.15) is 0 Å². The molecule has 18 heavy (non-hydrogen) atoms. The summed E-state index contributed by atoms with van der Waals surface area (Å²) in [6, 6.07) is 6.14. The van der Waals surface area contributed by atoms with Gasteiger partial charge < -0.3 is 10.1 Å². The number of aromatic nitrogens is 2. The van der Waals surface area contributed by atoms with Crippen LogP contribution in [0.4, 0.5) is 0 Å². The molecule has 2 aromatic rings. The molecule has 0 aliphatic heterocycles. The predicted octanol–water partition coefficient (Wildman–Crippen LogP) is 1.64. The van der Waals surface area contributed by atoms with Gasteiger partial charge in [0.1, 0.15) is 5.82 Å². The van der Waals surface area contributed by atoms with E-state index in [0.29, 0.717) is 6.54 Å². The molecule has 1 heterocycles. The van der Waals surface area contributed by atoms with Gasteiger partial charge in [0.15, 0.2) is 0 Å². The lowest BCUT2D eigenvalue weighted by atomic mass is 10.1. The van der Waals surface area contributed by atoms with Crippen molar-refractivity contribution in [2.75, 3.05) is 13.6 Å². The third-order valence-electron chi connectivity index (χ3n) is 2.83. The summed E-state index contributed by atoms with van der Waals surface area (Å²) in [4.78, 5) is 20.0. The summed E-state index contributed by atoms with van der Waals surface area (Å²) in [5.41, 5.74) is 3.19. The van der Waals surface area contributed by atoms with E-state index in [1.54, 1.807) is 11.9 Å². The predicted molar refractivity (Wildman–Crippen MR) is 69.4 cm³/mol. The summed E-state index contributed by atoms with van der Waals surface area (Å²) < 4.78 is 0. The standard InChI is InChI=1S/C13H17N3O2/c1-3-9-4-5-10-11(6-9)15-12(14-10)7-16(2)8-13(17)18/h4-6H,3,7-8H2,1-2H3,(H,14,15)(H,17,18). The van der Waals surface area contributed by atoms with Crippen LogP contribution < -0.4 is 0 Å². The van der Waals surface area contributed by atoms with Crippen molar-refractivity contribution < 1.29 is 9.90 Å². The number of fused-ring (bicyclic) bond motifs is 1. The molecular formula is C13H17N3O2. The van der Waals surface area contributed by atoms with Crippen LogP contribution in [-0.2, 0) is 17.8 Å². The lowest BCUT2D eigenvalue weighted by Gasteiger charge is -2.11. The topological polar surface area (TPSA) is 69.2 Å². The Morgan fingerprint density at radius 3 is 2.94 bits per heavy atom. The van der Waals surface area contributed by atoms with Gasteiger partial charge in [-0.05, 0) is 31.2 Å². The summed E-state index contributed by atoms with van der Waals surface area (Å²) in [5.74, 6) is -0.0381. The second kappa shape index (κ2) is 5.18. The van der Waals surface area contributed by atoms with Crippen LogP contribution in [0.15, 0.2) is 18.2 Å². The maximum atomic E-state index is 10.6. The summed E-state index contributed by atoms with van der Waals surface area (Å²) >= 11 is 0. The molecule has 5 nitrogen and oxygen atoms in total. The quantitative estimate of drug-likeness (QED) is 0.842. The number of benzene rings is 1. The van der Waals surface area contributed by atoms with Crippen LogP contribution in [0.3, 0.4) is 0 Å². The number of aliphatic carboxylic acids is 1. The molecule has 0 saturated carbocycles. The van der Waals surface area contributed by atoms with Crippen LogP contribution >= 0.6 is 0 Å². The Balaban J connectivity index is 2.17. The van der Waals surface area contributed by atoms with Crippen molar-refractivity contribution in [3.05, 3.63) is 29.6 Å². The van der Waals surface area contributed by atoms with Gasteiger partial charge in [0.25, 0.3) is 0 Å². The third-order valence-corrected chi connectivity index (χ3v) is 2.83. The maximum absolute atomic E-state index is 10.6. The Hall–Kier alpha value is -1.88. The lowest BCUT2D eigenvalue weighted by Crippen LogP contribution is -2.25. The Labute approximate surface area is 105 Å². The lowest BCUT2D eigenvalue weighted by molar-refractivity contribution is -0.138. The zero-order valence-electron chi connectivity index (χ0n) is 10.6. The van der Waals surface area contributed by atoms with Gasteiger partial charge in [0.2, 0.25) is 0 Å². The Kier molecular flexibility index (Phi) is 3.62. The molecule has 0 spiro atoms. The van der Waals surface area contributed by atoms with E-state index in [2.05, 4.69) is 29.0 Å². The molecule has 1 aromatic heterocycles. The van der Waals surface area contributed by atoms with Crippen LogP contribution in [-0.4, -0.2) is 39.5 Å². The Morgan fingerprint density at radius 1 is 1.50 bits per heavy atom. The second-order valence-corrected chi connectivity index (χ2v) is 4.45. The number of aromatic amines is 1. The first-order valence-electron chi connectivity index (χ1n) is 5.96. The Morgan fingerprint density at radius 2 is 2.28 bits per heavy atom. The molecule has 0 unspecified atom stereocenters. The van der Waals surface area contributed by atoms with Crippen molar-refractivity contribution in [3.63, 3.8) is 0 Å². The monoisotopic (exact) mass is 247 g/mol.